The summed E-state index contributed by atoms with van der Waals surface area (Å²) in [6, 6.07) is 7.82. The number of rotatable bonds is 3. The Bertz CT molecular complexity index is 445. The molecular weight excluding hydrogens is 226 g/mol. The fraction of sp³-hybridized carbons (Fsp3) is 0.500. The Labute approximate surface area is 108 Å². The average Bonchev–Trinajstić information content (AvgIpc) is 2.41. The van der Waals surface area contributed by atoms with Crippen LogP contribution in [0.3, 0.4) is 0 Å². The molecule has 1 aromatic carbocycles. The third-order valence-electron chi connectivity index (χ3n) is 3.54. The zero-order valence-electron chi connectivity index (χ0n) is 10.7. The van der Waals surface area contributed by atoms with Gasteiger partial charge >= 0.3 is 0 Å². The maximum Gasteiger partial charge on any atom is 0.101 e. The van der Waals surface area contributed by atoms with Gasteiger partial charge in [0.2, 0.25) is 0 Å². The largest absolute Gasteiger partial charge is 0.398 e. The number of nitrogen functional groups attached to an aromatic ring is 1. The van der Waals surface area contributed by atoms with E-state index >= 15 is 0 Å². The Balaban J connectivity index is 2.04. The summed E-state index contributed by atoms with van der Waals surface area (Å²) in [5.74, 6) is 0.662. The molecule has 18 heavy (non-hydrogen) atoms. The Morgan fingerprint density at radius 3 is 2.78 bits per heavy atom. The summed E-state index contributed by atoms with van der Waals surface area (Å²) < 4.78 is 5.20. The summed E-state index contributed by atoms with van der Waals surface area (Å²) in [6.45, 7) is 2.88. The molecule has 4 heteroatoms. The molecule has 0 amide bonds. The first-order valence-electron chi connectivity index (χ1n) is 6.28. The van der Waals surface area contributed by atoms with E-state index in [1.165, 1.54) is 0 Å². The van der Waals surface area contributed by atoms with Crippen LogP contribution in [0.15, 0.2) is 18.2 Å². The molecule has 0 atom stereocenters. The second-order valence-corrected chi connectivity index (χ2v) is 4.77. The number of hydrogen-bond acceptors (Lipinski definition) is 4. The topological polar surface area (TPSA) is 62.3 Å². The van der Waals surface area contributed by atoms with Gasteiger partial charge in [-0.2, -0.15) is 5.26 Å². The average molecular weight is 245 g/mol. The molecule has 0 unspecified atom stereocenters. The first kappa shape index (κ1) is 12.7. The highest BCUT2D eigenvalue weighted by atomic mass is 16.5. The third-order valence-corrected chi connectivity index (χ3v) is 3.54. The lowest BCUT2D eigenvalue weighted by Crippen LogP contribution is -2.35. The van der Waals surface area contributed by atoms with Crippen LogP contribution in [-0.4, -0.2) is 26.8 Å². The molecule has 1 aliphatic rings. The zero-order valence-corrected chi connectivity index (χ0v) is 10.7. The molecule has 0 aliphatic carbocycles. The van der Waals surface area contributed by atoms with E-state index in [0.717, 1.165) is 38.2 Å². The minimum Gasteiger partial charge on any atom is -0.398 e. The molecule has 1 fully saturated rings. The van der Waals surface area contributed by atoms with Crippen LogP contribution >= 0.6 is 0 Å². The molecule has 1 heterocycles. The molecule has 2 rings (SSSR count). The van der Waals surface area contributed by atoms with Crippen molar-refractivity contribution >= 4 is 11.4 Å². The molecule has 0 spiro atoms. The Morgan fingerprint density at radius 1 is 1.44 bits per heavy atom. The predicted molar refractivity (Wildman–Crippen MR) is 72.4 cm³/mol. The molecule has 4 nitrogen and oxygen atoms in total. The first-order chi connectivity index (χ1) is 8.74. The number of nitriles is 1. The lowest BCUT2D eigenvalue weighted by molar-refractivity contribution is 0.139. The maximum absolute atomic E-state index is 8.99. The SMILES string of the molecule is COCC1CCN(c2ccc(N)c(C#N)c2)CC1. The molecule has 0 radical (unpaired) electrons. The minimum atomic E-state index is 0.551. The van der Waals surface area contributed by atoms with Crippen molar-refractivity contribution in [2.24, 2.45) is 5.92 Å². The standard InChI is InChI=1S/C14H19N3O/c1-18-10-11-4-6-17(7-5-11)13-2-3-14(16)12(8-13)9-15/h2-3,8,11H,4-7,10,16H2,1H3. The van der Waals surface area contributed by atoms with Crippen molar-refractivity contribution in [1.82, 2.24) is 0 Å². The van der Waals surface area contributed by atoms with E-state index in [2.05, 4.69) is 11.0 Å². The van der Waals surface area contributed by atoms with Crippen LogP contribution in [0, 0.1) is 17.2 Å². The number of piperidine rings is 1. The summed E-state index contributed by atoms with van der Waals surface area (Å²) in [5.41, 5.74) is 7.94. The van der Waals surface area contributed by atoms with E-state index in [0.29, 0.717) is 17.2 Å². The lowest BCUT2D eigenvalue weighted by atomic mass is 9.97. The smallest absolute Gasteiger partial charge is 0.101 e. The van der Waals surface area contributed by atoms with E-state index in [1.807, 2.05) is 18.2 Å². The number of benzene rings is 1. The zero-order chi connectivity index (χ0) is 13.0. The van der Waals surface area contributed by atoms with Gasteiger partial charge < -0.3 is 15.4 Å². The number of hydrogen-bond donors (Lipinski definition) is 1. The highest BCUT2D eigenvalue weighted by Gasteiger charge is 2.19. The molecule has 1 saturated heterocycles. The van der Waals surface area contributed by atoms with Gasteiger partial charge in [0.05, 0.1) is 5.56 Å². The van der Waals surface area contributed by atoms with Crippen molar-refractivity contribution in [2.75, 3.05) is 37.4 Å². The van der Waals surface area contributed by atoms with Crippen LogP contribution in [0.25, 0.3) is 0 Å². The van der Waals surface area contributed by atoms with Gasteiger partial charge in [0.25, 0.3) is 0 Å². The van der Waals surface area contributed by atoms with Crippen LogP contribution in [0.4, 0.5) is 11.4 Å². The monoisotopic (exact) mass is 245 g/mol. The Morgan fingerprint density at radius 2 is 2.17 bits per heavy atom. The van der Waals surface area contributed by atoms with Crippen molar-refractivity contribution < 1.29 is 4.74 Å². The molecule has 1 aliphatic heterocycles. The number of nitrogens with zero attached hydrogens (tertiary/aromatic N) is 2. The second kappa shape index (κ2) is 5.74. The number of methoxy groups -OCH3 is 1. The van der Waals surface area contributed by atoms with Gasteiger partial charge in [-0.3, -0.25) is 0 Å². The second-order valence-electron chi connectivity index (χ2n) is 4.77. The normalized spacial score (nSPS) is 16.6. The highest BCUT2D eigenvalue weighted by Crippen LogP contribution is 2.26. The molecular formula is C14H19N3O. The van der Waals surface area contributed by atoms with Gasteiger partial charge in [0, 0.05) is 38.2 Å². The van der Waals surface area contributed by atoms with Crippen LogP contribution in [0.1, 0.15) is 18.4 Å². The minimum absolute atomic E-state index is 0.551. The molecule has 0 saturated carbocycles. The Kier molecular flexibility index (Phi) is 4.06. The van der Waals surface area contributed by atoms with Gasteiger partial charge in [-0.1, -0.05) is 0 Å². The van der Waals surface area contributed by atoms with Crippen molar-refractivity contribution in [3.8, 4) is 6.07 Å². The third kappa shape index (κ3) is 2.74. The van der Waals surface area contributed by atoms with E-state index in [1.54, 1.807) is 7.11 Å². The van der Waals surface area contributed by atoms with E-state index in [-0.39, 0.29) is 0 Å². The number of nitrogens with two attached hydrogens (primary N) is 1. The van der Waals surface area contributed by atoms with Gasteiger partial charge in [0.1, 0.15) is 6.07 Å². The molecule has 1 aromatic rings. The maximum atomic E-state index is 8.99. The summed E-state index contributed by atoms with van der Waals surface area (Å²) >= 11 is 0. The quantitative estimate of drug-likeness (QED) is 0.827. The molecule has 0 aromatic heterocycles. The summed E-state index contributed by atoms with van der Waals surface area (Å²) in [4.78, 5) is 2.31. The fourth-order valence-electron chi connectivity index (χ4n) is 2.43. The van der Waals surface area contributed by atoms with Crippen LogP contribution in [-0.2, 0) is 4.74 Å². The van der Waals surface area contributed by atoms with Gasteiger partial charge in [0.15, 0.2) is 0 Å². The summed E-state index contributed by atoms with van der Waals surface area (Å²) in [5, 5.41) is 8.99. The van der Waals surface area contributed by atoms with Gasteiger partial charge in [-0.25, -0.2) is 0 Å². The lowest BCUT2D eigenvalue weighted by Gasteiger charge is -2.33. The summed E-state index contributed by atoms with van der Waals surface area (Å²) in [7, 11) is 1.76. The van der Waals surface area contributed by atoms with Crippen LogP contribution in [0.2, 0.25) is 0 Å². The van der Waals surface area contributed by atoms with Gasteiger partial charge in [-0.15, -0.1) is 0 Å². The first-order valence-corrected chi connectivity index (χ1v) is 6.28. The fourth-order valence-corrected chi connectivity index (χ4v) is 2.43. The van der Waals surface area contributed by atoms with Crippen molar-refractivity contribution in [2.45, 2.75) is 12.8 Å². The predicted octanol–water partition coefficient (Wildman–Crippen LogP) is 2.00. The van der Waals surface area contributed by atoms with Crippen molar-refractivity contribution in [3.63, 3.8) is 0 Å². The summed E-state index contributed by atoms with van der Waals surface area (Å²) in [6.07, 6.45) is 2.28. The van der Waals surface area contributed by atoms with Crippen LogP contribution < -0.4 is 10.6 Å². The van der Waals surface area contributed by atoms with Crippen molar-refractivity contribution in [3.05, 3.63) is 23.8 Å². The molecule has 96 valence electrons. The van der Waals surface area contributed by atoms with E-state index < -0.39 is 0 Å². The van der Waals surface area contributed by atoms with E-state index in [9.17, 15) is 0 Å². The number of anilines is 2. The molecule has 0 bridgehead atoms. The number of ether oxygens (including phenoxy) is 1. The Hall–Kier alpha value is -1.73. The van der Waals surface area contributed by atoms with Crippen LogP contribution in [0.5, 0.6) is 0 Å². The van der Waals surface area contributed by atoms with Crippen molar-refractivity contribution in [1.29, 1.82) is 5.26 Å². The highest BCUT2D eigenvalue weighted by molar-refractivity contribution is 5.62. The van der Waals surface area contributed by atoms with E-state index in [4.69, 9.17) is 15.7 Å². The van der Waals surface area contributed by atoms with Gasteiger partial charge in [-0.05, 0) is 37.0 Å². The molecule has 2 N–H and O–H groups in total.